The molecule has 0 bridgehead atoms. The molecular weight excluding hydrogens is 208 g/mol. The molecule has 1 spiro atoms. The van der Waals surface area contributed by atoms with E-state index in [4.69, 9.17) is 13.9 Å². The summed E-state index contributed by atoms with van der Waals surface area (Å²) in [6.07, 6.45) is 6.02. The molecule has 16 heavy (non-hydrogen) atoms. The molecule has 0 radical (unpaired) electrons. The largest absolute Gasteiger partial charge is 0.472 e. The molecule has 0 atom stereocenters. The first-order valence-electron chi connectivity index (χ1n) is 5.76. The Kier molecular flexibility index (Phi) is 2.31. The predicted octanol–water partition coefficient (Wildman–Crippen LogP) is 1.78. The van der Waals surface area contributed by atoms with E-state index in [0.717, 1.165) is 18.4 Å². The lowest BCUT2D eigenvalue weighted by Crippen LogP contribution is -2.41. The lowest BCUT2D eigenvalue weighted by atomic mass is 9.78. The standard InChI is InChI=1S/C12H16O4/c13-11(10-1-6-14-9-10)2-4-12(5-3-11)15-7-8-16-12/h1,6,9,13H,2-5,7-8H2. The van der Waals surface area contributed by atoms with Gasteiger partial charge in [0.15, 0.2) is 5.79 Å². The maximum atomic E-state index is 10.5. The smallest absolute Gasteiger partial charge is 0.168 e. The molecule has 0 aromatic carbocycles. The molecule has 1 aromatic heterocycles. The van der Waals surface area contributed by atoms with Crippen LogP contribution in [0.1, 0.15) is 31.2 Å². The van der Waals surface area contributed by atoms with Gasteiger partial charge >= 0.3 is 0 Å². The van der Waals surface area contributed by atoms with Gasteiger partial charge < -0.3 is 19.0 Å². The summed E-state index contributed by atoms with van der Waals surface area (Å²) in [4.78, 5) is 0. The van der Waals surface area contributed by atoms with E-state index in [1.807, 2.05) is 6.07 Å². The van der Waals surface area contributed by atoms with Crippen LogP contribution in [0.4, 0.5) is 0 Å². The predicted molar refractivity (Wildman–Crippen MR) is 55.7 cm³/mol. The van der Waals surface area contributed by atoms with Crippen molar-refractivity contribution in [3.8, 4) is 0 Å². The fourth-order valence-corrected chi connectivity index (χ4v) is 2.65. The highest BCUT2D eigenvalue weighted by atomic mass is 16.7. The SMILES string of the molecule is OC1(c2ccoc2)CCC2(CC1)OCCO2. The zero-order chi connectivity index (χ0) is 11.1. The van der Waals surface area contributed by atoms with E-state index < -0.39 is 11.4 Å². The topological polar surface area (TPSA) is 51.8 Å². The molecule has 1 saturated heterocycles. The zero-order valence-electron chi connectivity index (χ0n) is 9.15. The highest BCUT2D eigenvalue weighted by molar-refractivity contribution is 5.17. The van der Waals surface area contributed by atoms with Crippen LogP contribution in [0.15, 0.2) is 23.0 Å². The van der Waals surface area contributed by atoms with Gasteiger partial charge in [-0.3, -0.25) is 0 Å². The van der Waals surface area contributed by atoms with Crippen LogP contribution < -0.4 is 0 Å². The number of hydrogen-bond donors (Lipinski definition) is 1. The molecule has 0 unspecified atom stereocenters. The van der Waals surface area contributed by atoms with E-state index >= 15 is 0 Å². The van der Waals surface area contributed by atoms with Crippen LogP contribution in [0.3, 0.4) is 0 Å². The Balaban J connectivity index is 1.74. The Labute approximate surface area is 94.2 Å². The molecule has 2 fully saturated rings. The summed E-state index contributed by atoms with van der Waals surface area (Å²) >= 11 is 0. The third kappa shape index (κ3) is 1.57. The average Bonchev–Trinajstić information content (AvgIpc) is 2.96. The van der Waals surface area contributed by atoms with E-state index in [0.29, 0.717) is 26.1 Å². The van der Waals surface area contributed by atoms with Gasteiger partial charge in [0, 0.05) is 18.4 Å². The van der Waals surface area contributed by atoms with E-state index in [9.17, 15) is 5.11 Å². The summed E-state index contributed by atoms with van der Waals surface area (Å²) in [6, 6.07) is 1.83. The van der Waals surface area contributed by atoms with Gasteiger partial charge in [-0.2, -0.15) is 0 Å². The van der Waals surface area contributed by atoms with Crippen LogP contribution in [-0.4, -0.2) is 24.1 Å². The van der Waals surface area contributed by atoms with Gasteiger partial charge in [-0.1, -0.05) is 0 Å². The molecule has 0 amide bonds. The molecule has 4 nitrogen and oxygen atoms in total. The van der Waals surface area contributed by atoms with Crippen molar-refractivity contribution < 1.29 is 19.0 Å². The summed E-state index contributed by atoms with van der Waals surface area (Å²) in [5.41, 5.74) is 0.0912. The highest BCUT2D eigenvalue weighted by Crippen LogP contribution is 2.44. The van der Waals surface area contributed by atoms with Crippen molar-refractivity contribution in [1.82, 2.24) is 0 Å². The van der Waals surface area contributed by atoms with Gasteiger partial charge in [0.2, 0.25) is 0 Å². The fourth-order valence-electron chi connectivity index (χ4n) is 2.65. The minimum atomic E-state index is -0.770. The number of aliphatic hydroxyl groups is 1. The van der Waals surface area contributed by atoms with Gasteiger partial charge in [0.1, 0.15) is 0 Å². The van der Waals surface area contributed by atoms with Crippen LogP contribution in [0.2, 0.25) is 0 Å². The van der Waals surface area contributed by atoms with E-state index in [1.54, 1.807) is 12.5 Å². The van der Waals surface area contributed by atoms with E-state index in [2.05, 4.69) is 0 Å². The number of hydrogen-bond acceptors (Lipinski definition) is 4. The Morgan fingerprint density at radius 2 is 1.75 bits per heavy atom. The number of rotatable bonds is 1. The second kappa shape index (κ2) is 3.58. The molecule has 1 saturated carbocycles. The van der Waals surface area contributed by atoms with Crippen molar-refractivity contribution in [2.45, 2.75) is 37.1 Å². The molecule has 1 aliphatic heterocycles. The molecule has 1 aliphatic carbocycles. The maximum Gasteiger partial charge on any atom is 0.168 e. The van der Waals surface area contributed by atoms with E-state index in [-0.39, 0.29) is 0 Å². The Bertz CT molecular complexity index is 341. The second-order valence-electron chi connectivity index (χ2n) is 4.65. The third-order valence-corrected chi connectivity index (χ3v) is 3.71. The maximum absolute atomic E-state index is 10.5. The molecule has 2 heterocycles. The lowest BCUT2D eigenvalue weighted by Gasteiger charge is -2.40. The molecule has 1 N–H and O–H groups in total. The first kappa shape index (κ1) is 10.3. The van der Waals surface area contributed by atoms with Gasteiger partial charge in [0.05, 0.1) is 31.3 Å². The van der Waals surface area contributed by atoms with Crippen LogP contribution >= 0.6 is 0 Å². The van der Waals surface area contributed by atoms with Crippen LogP contribution in [0.5, 0.6) is 0 Å². The monoisotopic (exact) mass is 224 g/mol. The molecule has 4 heteroatoms. The van der Waals surface area contributed by atoms with E-state index in [1.165, 1.54) is 0 Å². The molecule has 2 aliphatic rings. The quantitative estimate of drug-likeness (QED) is 0.790. The zero-order valence-corrected chi connectivity index (χ0v) is 9.15. The molecular formula is C12H16O4. The minimum absolute atomic E-state index is 0.421. The molecule has 1 aromatic rings. The summed E-state index contributed by atoms with van der Waals surface area (Å²) in [5, 5.41) is 10.5. The first-order valence-corrected chi connectivity index (χ1v) is 5.76. The van der Waals surface area contributed by atoms with Crippen LogP contribution in [0, 0.1) is 0 Å². The summed E-state index contributed by atoms with van der Waals surface area (Å²) in [7, 11) is 0. The number of ether oxygens (including phenoxy) is 2. The minimum Gasteiger partial charge on any atom is -0.472 e. The Hall–Kier alpha value is -0.840. The summed E-state index contributed by atoms with van der Waals surface area (Å²) in [5.74, 6) is -0.421. The Morgan fingerprint density at radius 3 is 2.31 bits per heavy atom. The number of furan rings is 1. The normalized spacial score (nSPS) is 27.3. The van der Waals surface area contributed by atoms with Gasteiger partial charge in [0.25, 0.3) is 0 Å². The first-order chi connectivity index (χ1) is 7.73. The van der Waals surface area contributed by atoms with Crippen molar-refractivity contribution in [3.63, 3.8) is 0 Å². The van der Waals surface area contributed by atoms with Gasteiger partial charge in [-0.25, -0.2) is 0 Å². The van der Waals surface area contributed by atoms with Crippen molar-refractivity contribution in [2.24, 2.45) is 0 Å². The molecule has 88 valence electrons. The summed E-state index contributed by atoms with van der Waals surface area (Å²) < 4.78 is 16.3. The highest BCUT2D eigenvalue weighted by Gasteiger charge is 2.46. The molecule has 3 rings (SSSR count). The van der Waals surface area contributed by atoms with Crippen molar-refractivity contribution in [1.29, 1.82) is 0 Å². The third-order valence-electron chi connectivity index (χ3n) is 3.71. The average molecular weight is 224 g/mol. The van der Waals surface area contributed by atoms with Crippen molar-refractivity contribution >= 4 is 0 Å². The lowest BCUT2D eigenvalue weighted by molar-refractivity contribution is -0.204. The summed E-state index contributed by atoms with van der Waals surface area (Å²) in [6.45, 7) is 1.34. The van der Waals surface area contributed by atoms with Crippen LogP contribution in [0.25, 0.3) is 0 Å². The fraction of sp³-hybridized carbons (Fsp3) is 0.667. The Morgan fingerprint density at radius 1 is 1.06 bits per heavy atom. The van der Waals surface area contributed by atoms with Crippen molar-refractivity contribution in [3.05, 3.63) is 24.2 Å². The van der Waals surface area contributed by atoms with Gasteiger partial charge in [-0.05, 0) is 18.9 Å². The van der Waals surface area contributed by atoms with Gasteiger partial charge in [-0.15, -0.1) is 0 Å². The van der Waals surface area contributed by atoms with Crippen LogP contribution in [-0.2, 0) is 15.1 Å². The second-order valence-corrected chi connectivity index (χ2v) is 4.65. The van der Waals surface area contributed by atoms with Crippen molar-refractivity contribution in [2.75, 3.05) is 13.2 Å².